The van der Waals surface area contributed by atoms with Crippen LogP contribution in [0.2, 0.25) is 0 Å². The van der Waals surface area contributed by atoms with Gasteiger partial charge in [-0.05, 0) is 62.6 Å². The first-order valence-electron chi connectivity index (χ1n) is 11.3. The fourth-order valence-electron chi connectivity index (χ4n) is 8.07. The normalized spacial score (nSPS) is 45.6. The lowest BCUT2D eigenvalue weighted by Crippen LogP contribution is -2.79. The van der Waals surface area contributed by atoms with E-state index in [-0.39, 0.29) is 22.9 Å². The molecule has 4 heteroatoms. The van der Waals surface area contributed by atoms with Gasteiger partial charge in [-0.1, -0.05) is 24.3 Å². The van der Waals surface area contributed by atoms with Crippen molar-refractivity contribution in [1.82, 2.24) is 4.90 Å². The maximum absolute atomic E-state index is 10.2. The van der Waals surface area contributed by atoms with E-state index in [0.717, 1.165) is 37.5 Å². The van der Waals surface area contributed by atoms with Gasteiger partial charge in [0.05, 0.1) is 17.4 Å². The Bertz CT molecular complexity index is 1010. The fraction of sp³-hybridized carbons (Fsp3) is 0.640. The molecule has 2 spiro atoms. The third-order valence-electron chi connectivity index (χ3n) is 9.48. The Hall–Kier alpha value is -1.83. The number of methoxy groups -OCH3 is 1. The predicted octanol–water partition coefficient (Wildman–Crippen LogP) is 3.52. The second kappa shape index (κ2) is 5.07. The predicted molar refractivity (Wildman–Crippen MR) is 109 cm³/mol. The van der Waals surface area contributed by atoms with Crippen molar-refractivity contribution in [3.8, 4) is 11.8 Å². The summed E-state index contributed by atoms with van der Waals surface area (Å²) in [6, 6.07) is 7.69. The van der Waals surface area contributed by atoms with E-state index in [4.69, 9.17) is 9.47 Å². The lowest BCUT2D eigenvalue weighted by Gasteiger charge is -2.70. The van der Waals surface area contributed by atoms with E-state index in [1.807, 2.05) is 0 Å². The van der Waals surface area contributed by atoms with Gasteiger partial charge in [-0.2, -0.15) is 5.26 Å². The molecule has 4 nitrogen and oxygen atoms in total. The minimum absolute atomic E-state index is 0.0163. The summed E-state index contributed by atoms with van der Waals surface area (Å²) >= 11 is 0. The highest BCUT2D eigenvalue weighted by Gasteiger charge is 2.79. The summed E-state index contributed by atoms with van der Waals surface area (Å²) in [6.45, 7) is 4.53. The Balaban J connectivity index is 1.52. The zero-order valence-electron chi connectivity index (χ0n) is 17.3. The first kappa shape index (κ1) is 16.9. The number of fused-ring (bicyclic) bond motifs is 1. The van der Waals surface area contributed by atoms with E-state index in [0.29, 0.717) is 6.04 Å². The van der Waals surface area contributed by atoms with Crippen LogP contribution < -0.4 is 4.74 Å². The second-order valence-corrected chi connectivity index (χ2v) is 10.4. The molecule has 3 fully saturated rings. The molecule has 2 saturated carbocycles. The fourth-order valence-corrected chi connectivity index (χ4v) is 8.07. The molecular weight excluding hydrogens is 360 g/mol. The minimum atomic E-state index is -0.639. The molecular formula is C25H28N2O2. The second-order valence-electron chi connectivity index (χ2n) is 10.4. The first-order chi connectivity index (χ1) is 14.1. The molecule has 0 aromatic heterocycles. The van der Waals surface area contributed by atoms with Gasteiger partial charge < -0.3 is 9.47 Å². The van der Waals surface area contributed by atoms with E-state index in [2.05, 4.69) is 42.2 Å². The number of piperidine rings is 1. The highest BCUT2D eigenvalue weighted by molar-refractivity contribution is 5.63. The van der Waals surface area contributed by atoms with Gasteiger partial charge in [0.1, 0.15) is 17.5 Å². The number of nitriles is 1. The Morgan fingerprint density at radius 3 is 2.93 bits per heavy atom. The molecule has 1 aromatic carbocycles. The number of hydrogen-bond acceptors (Lipinski definition) is 4. The molecule has 1 unspecified atom stereocenters. The van der Waals surface area contributed by atoms with Crippen molar-refractivity contribution in [3.63, 3.8) is 0 Å². The molecule has 2 aliphatic heterocycles. The van der Waals surface area contributed by atoms with Crippen LogP contribution in [0.25, 0.3) is 0 Å². The molecule has 0 radical (unpaired) electrons. The van der Waals surface area contributed by atoms with Crippen molar-refractivity contribution in [2.75, 3.05) is 20.2 Å². The zero-order valence-corrected chi connectivity index (χ0v) is 17.3. The maximum Gasteiger partial charge on any atom is 0.143 e. The molecule has 150 valence electrons. The van der Waals surface area contributed by atoms with Crippen molar-refractivity contribution in [3.05, 3.63) is 41.0 Å². The Morgan fingerprint density at radius 2 is 2.17 bits per heavy atom. The van der Waals surface area contributed by atoms with E-state index >= 15 is 0 Å². The summed E-state index contributed by atoms with van der Waals surface area (Å²) in [7, 11) is 1.77. The number of hydrogen-bond donors (Lipinski definition) is 0. The summed E-state index contributed by atoms with van der Waals surface area (Å²) in [6.07, 6.45) is 10.5. The average Bonchev–Trinajstić information content (AvgIpc) is 3.48. The van der Waals surface area contributed by atoms with E-state index in [9.17, 15) is 5.26 Å². The van der Waals surface area contributed by atoms with Gasteiger partial charge in [0.15, 0.2) is 0 Å². The van der Waals surface area contributed by atoms with Crippen LogP contribution in [-0.4, -0.2) is 42.8 Å². The number of benzene rings is 1. The summed E-state index contributed by atoms with van der Waals surface area (Å²) in [5, 5.41) is 10.2. The SMILES string of the molecule is CO[C@]12C=C[C@@]3(CC1C#N)[C@H]1Cc4ccc(C)c5c4[C@@]3(CCN1CC1CC1)[C@H]2O5. The van der Waals surface area contributed by atoms with Gasteiger partial charge in [0.2, 0.25) is 0 Å². The largest absolute Gasteiger partial charge is 0.485 e. The molecule has 8 rings (SSSR count). The van der Waals surface area contributed by atoms with Crippen LogP contribution in [0.4, 0.5) is 0 Å². The number of nitrogens with zero attached hydrogens (tertiary/aromatic N) is 2. The lowest BCUT2D eigenvalue weighted by molar-refractivity contribution is -0.205. The molecule has 4 bridgehead atoms. The van der Waals surface area contributed by atoms with Crippen molar-refractivity contribution in [2.24, 2.45) is 17.3 Å². The molecule has 0 N–H and O–H groups in total. The van der Waals surface area contributed by atoms with Crippen LogP contribution in [0, 0.1) is 35.5 Å². The number of likely N-dealkylation sites (tertiary alicyclic amines) is 1. The highest BCUT2D eigenvalue weighted by atomic mass is 16.6. The summed E-state index contributed by atoms with van der Waals surface area (Å²) in [5.41, 5.74) is 3.46. The summed E-state index contributed by atoms with van der Waals surface area (Å²) in [5.74, 6) is 1.82. The maximum atomic E-state index is 10.2. The molecule has 1 saturated heterocycles. The van der Waals surface area contributed by atoms with Crippen LogP contribution in [-0.2, 0) is 16.6 Å². The Morgan fingerprint density at radius 1 is 1.31 bits per heavy atom. The van der Waals surface area contributed by atoms with Gasteiger partial charge in [-0.3, -0.25) is 4.90 Å². The standard InChI is InChI=1S/C25H28N2O2/c1-15-3-6-17-11-19-23-7-8-25(28-2,18(12-23)13-26)22-24(23,20(17)21(15)29-22)9-10-27(19)14-16-4-5-16/h3,6-8,16,18-19,22H,4-5,9-12,14H2,1-2H3/t18?,19-,22-,23-,24+,25-/m1/s1. The van der Waals surface area contributed by atoms with Gasteiger partial charge in [0.25, 0.3) is 0 Å². The lowest BCUT2D eigenvalue weighted by atomic mass is 9.37. The summed E-state index contributed by atoms with van der Waals surface area (Å²) in [4.78, 5) is 2.78. The molecule has 29 heavy (non-hydrogen) atoms. The van der Waals surface area contributed by atoms with Crippen molar-refractivity contribution in [2.45, 2.75) is 62.2 Å². The number of aryl methyl sites for hydroxylation is 1. The minimum Gasteiger partial charge on any atom is -0.485 e. The topological polar surface area (TPSA) is 45.5 Å². The van der Waals surface area contributed by atoms with Crippen LogP contribution >= 0.6 is 0 Å². The molecule has 2 heterocycles. The van der Waals surface area contributed by atoms with E-state index in [1.54, 1.807) is 7.11 Å². The third kappa shape index (κ3) is 1.65. The Labute approximate surface area is 172 Å². The molecule has 6 atom stereocenters. The van der Waals surface area contributed by atoms with Crippen LogP contribution in [0.5, 0.6) is 5.75 Å². The first-order valence-corrected chi connectivity index (χ1v) is 11.3. The molecule has 0 amide bonds. The molecule has 1 aromatic rings. The quantitative estimate of drug-likeness (QED) is 0.744. The van der Waals surface area contributed by atoms with Crippen molar-refractivity contribution < 1.29 is 9.47 Å². The van der Waals surface area contributed by atoms with E-state index < -0.39 is 5.60 Å². The molecule has 7 aliphatic rings. The van der Waals surface area contributed by atoms with Gasteiger partial charge in [-0.25, -0.2) is 0 Å². The number of ether oxygens (including phenoxy) is 2. The van der Waals surface area contributed by atoms with Gasteiger partial charge >= 0.3 is 0 Å². The van der Waals surface area contributed by atoms with Crippen LogP contribution in [0.15, 0.2) is 24.3 Å². The van der Waals surface area contributed by atoms with Crippen LogP contribution in [0.1, 0.15) is 42.4 Å². The molecule has 5 aliphatic carbocycles. The highest BCUT2D eigenvalue weighted by Crippen LogP contribution is 2.74. The zero-order chi connectivity index (χ0) is 19.6. The number of rotatable bonds is 3. The average molecular weight is 389 g/mol. The van der Waals surface area contributed by atoms with Crippen molar-refractivity contribution >= 4 is 0 Å². The van der Waals surface area contributed by atoms with Gasteiger partial charge in [-0.15, -0.1) is 0 Å². The Kier molecular flexibility index (Phi) is 2.96. The monoisotopic (exact) mass is 388 g/mol. The van der Waals surface area contributed by atoms with Crippen LogP contribution in [0.3, 0.4) is 0 Å². The van der Waals surface area contributed by atoms with Crippen molar-refractivity contribution in [1.29, 1.82) is 5.26 Å². The smallest absolute Gasteiger partial charge is 0.143 e. The summed E-state index contributed by atoms with van der Waals surface area (Å²) < 4.78 is 13.1. The van der Waals surface area contributed by atoms with E-state index in [1.165, 1.54) is 36.1 Å². The third-order valence-corrected chi connectivity index (χ3v) is 9.48. The van der Waals surface area contributed by atoms with Gasteiger partial charge in [0, 0.05) is 30.7 Å².